The van der Waals surface area contributed by atoms with Crippen molar-refractivity contribution in [2.75, 3.05) is 13.2 Å². The van der Waals surface area contributed by atoms with Gasteiger partial charge in [-0.15, -0.1) is 0 Å². The molecule has 0 spiro atoms. The highest BCUT2D eigenvalue weighted by Crippen LogP contribution is 2.33. The van der Waals surface area contributed by atoms with E-state index >= 15 is 0 Å². The van der Waals surface area contributed by atoms with Crippen molar-refractivity contribution in [1.82, 2.24) is 5.32 Å². The summed E-state index contributed by atoms with van der Waals surface area (Å²) in [6, 6.07) is 7.48. The van der Waals surface area contributed by atoms with Crippen molar-refractivity contribution in [3.8, 4) is 0 Å². The number of amides is 1. The monoisotopic (exact) mass is 331 g/mol. The Morgan fingerprint density at radius 1 is 1.25 bits per heavy atom. The van der Waals surface area contributed by atoms with Crippen LogP contribution in [0.2, 0.25) is 0 Å². The average molecular weight is 331 g/mol. The summed E-state index contributed by atoms with van der Waals surface area (Å²) in [5.74, 6) is -0.391. The van der Waals surface area contributed by atoms with Gasteiger partial charge in [-0.1, -0.05) is 19.1 Å². The maximum absolute atomic E-state index is 12.7. The van der Waals surface area contributed by atoms with E-state index in [4.69, 9.17) is 4.74 Å². The lowest BCUT2D eigenvalue weighted by molar-refractivity contribution is -0.146. The van der Waals surface area contributed by atoms with Crippen molar-refractivity contribution < 1.29 is 19.4 Å². The molecule has 2 aliphatic rings. The van der Waals surface area contributed by atoms with Crippen LogP contribution in [-0.4, -0.2) is 35.7 Å². The number of hydrogen-bond acceptors (Lipinski definition) is 3. The molecule has 1 saturated heterocycles. The fraction of sp³-hybridized carbons (Fsp3) is 0.579. The molecular formula is C19H25NO4. The first-order valence-corrected chi connectivity index (χ1v) is 8.74. The number of rotatable bonds is 4. The average Bonchev–Trinajstić information content (AvgIpc) is 3.11. The van der Waals surface area contributed by atoms with E-state index in [1.54, 1.807) is 6.07 Å². The molecule has 5 heteroatoms. The van der Waals surface area contributed by atoms with Crippen molar-refractivity contribution in [1.29, 1.82) is 0 Å². The summed E-state index contributed by atoms with van der Waals surface area (Å²) in [7, 11) is 0. The van der Waals surface area contributed by atoms with Gasteiger partial charge in [0.25, 0.3) is 5.91 Å². The van der Waals surface area contributed by atoms with Gasteiger partial charge in [-0.3, -0.25) is 4.79 Å². The summed E-state index contributed by atoms with van der Waals surface area (Å²) >= 11 is 0. The molecule has 1 unspecified atom stereocenters. The third-order valence-electron chi connectivity index (χ3n) is 5.44. The molecule has 1 aromatic carbocycles. The van der Waals surface area contributed by atoms with Gasteiger partial charge in [-0.25, -0.2) is 4.79 Å². The van der Waals surface area contributed by atoms with Crippen LogP contribution >= 0.6 is 0 Å². The molecule has 0 bridgehead atoms. The normalized spacial score (nSPS) is 30.0. The molecule has 1 aromatic rings. The first-order valence-electron chi connectivity index (χ1n) is 8.74. The fourth-order valence-electron chi connectivity index (χ4n) is 3.67. The minimum Gasteiger partial charge on any atom is -0.480 e. The van der Waals surface area contributed by atoms with Gasteiger partial charge in [-0.05, 0) is 55.7 Å². The van der Waals surface area contributed by atoms with Gasteiger partial charge in [0.1, 0.15) is 5.54 Å². The standard InChI is InChI=1S/C19H25NO4/c1-13-5-8-19(9-6-13,18(22)23)20-17(21)15-4-2-3-14(11-15)16-7-10-24-12-16/h2-4,11,13,16H,5-10,12H2,1H3,(H,20,21)(H,22,23). The van der Waals surface area contributed by atoms with Crippen molar-refractivity contribution in [2.45, 2.75) is 50.5 Å². The van der Waals surface area contributed by atoms with Crippen LogP contribution in [0.5, 0.6) is 0 Å². The van der Waals surface area contributed by atoms with Crippen LogP contribution in [0.4, 0.5) is 0 Å². The van der Waals surface area contributed by atoms with Gasteiger partial charge >= 0.3 is 5.97 Å². The third-order valence-corrected chi connectivity index (χ3v) is 5.44. The van der Waals surface area contributed by atoms with Gasteiger partial charge in [-0.2, -0.15) is 0 Å². The van der Waals surface area contributed by atoms with E-state index in [-0.39, 0.29) is 5.91 Å². The first kappa shape index (κ1) is 17.0. The van der Waals surface area contributed by atoms with E-state index in [0.717, 1.165) is 31.4 Å². The lowest BCUT2D eigenvalue weighted by atomic mass is 9.77. The molecule has 1 heterocycles. The Balaban J connectivity index is 1.76. The highest BCUT2D eigenvalue weighted by atomic mass is 16.5. The van der Waals surface area contributed by atoms with Crippen LogP contribution in [0.25, 0.3) is 0 Å². The predicted octanol–water partition coefficient (Wildman–Crippen LogP) is 2.95. The quantitative estimate of drug-likeness (QED) is 0.889. The van der Waals surface area contributed by atoms with Crippen LogP contribution < -0.4 is 5.32 Å². The van der Waals surface area contributed by atoms with E-state index in [2.05, 4.69) is 12.2 Å². The zero-order chi connectivity index (χ0) is 17.2. The smallest absolute Gasteiger partial charge is 0.329 e. The zero-order valence-corrected chi connectivity index (χ0v) is 14.1. The minimum absolute atomic E-state index is 0.298. The van der Waals surface area contributed by atoms with Gasteiger partial charge in [0.2, 0.25) is 0 Å². The van der Waals surface area contributed by atoms with Crippen LogP contribution in [-0.2, 0) is 9.53 Å². The van der Waals surface area contributed by atoms with Gasteiger partial charge < -0.3 is 15.2 Å². The lowest BCUT2D eigenvalue weighted by Gasteiger charge is -2.36. The first-order chi connectivity index (χ1) is 11.5. The molecule has 0 radical (unpaired) electrons. The van der Waals surface area contributed by atoms with Gasteiger partial charge in [0, 0.05) is 18.1 Å². The Kier molecular flexibility index (Phi) is 4.90. The van der Waals surface area contributed by atoms with Crippen molar-refractivity contribution >= 4 is 11.9 Å². The molecule has 1 atom stereocenters. The lowest BCUT2D eigenvalue weighted by Crippen LogP contribution is -2.56. The number of nitrogens with one attached hydrogen (secondary N) is 1. The maximum Gasteiger partial charge on any atom is 0.329 e. The van der Waals surface area contributed by atoms with Crippen LogP contribution in [0.15, 0.2) is 24.3 Å². The molecule has 1 aliphatic heterocycles. The van der Waals surface area contributed by atoms with Crippen LogP contribution in [0, 0.1) is 5.92 Å². The molecule has 0 aromatic heterocycles. The van der Waals surface area contributed by atoms with E-state index in [9.17, 15) is 14.7 Å². The van der Waals surface area contributed by atoms with Crippen molar-refractivity contribution in [3.63, 3.8) is 0 Å². The van der Waals surface area contributed by atoms with E-state index < -0.39 is 11.5 Å². The summed E-state index contributed by atoms with van der Waals surface area (Å²) in [4.78, 5) is 24.5. The van der Waals surface area contributed by atoms with Crippen LogP contribution in [0.3, 0.4) is 0 Å². The second-order valence-electron chi connectivity index (χ2n) is 7.21. The number of carboxylic acids is 1. The Morgan fingerprint density at radius 2 is 2.00 bits per heavy atom. The Hall–Kier alpha value is -1.88. The van der Waals surface area contributed by atoms with E-state index in [0.29, 0.717) is 36.8 Å². The molecule has 2 fully saturated rings. The fourth-order valence-corrected chi connectivity index (χ4v) is 3.67. The highest BCUT2D eigenvalue weighted by molar-refractivity contribution is 5.98. The van der Waals surface area contributed by atoms with Crippen molar-refractivity contribution in [3.05, 3.63) is 35.4 Å². The third kappa shape index (κ3) is 3.46. The number of benzene rings is 1. The minimum atomic E-state index is -1.13. The molecular weight excluding hydrogens is 306 g/mol. The second-order valence-corrected chi connectivity index (χ2v) is 7.21. The maximum atomic E-state index is 12.7. The number of ether oxygens (including phenoxy) is 1. The topological polar surface area (TPSA) is 75.6 Å². The molecule has 5 nitrogen and oxygen atoms in total. The van der Waals surface area contributed by atoms with Gasteiger partial charge in [0.05, 0.1) is 6.61 Å². The summed E-state index contributed by atoms with van der Waals surface area (Å²) < 4.78 is 5.41. The number of carboxylic acid groups (broad SMARTS) is 1. The summed E-state index contributed by atoms with van der Waals surface area (Å²) in [5.41, 5.74) is 0.483. The predicted molar refractivity (Wildman–Crippen MR) is 90.1 cm³/mol. The molecule has 1 saturated carbocycles. The Morgan fingerprint density at radius 3 is 2.62 bits per heavy atom. The van der Waals surface area contributed by atoms with Crippen molar-refractivity contribution in [2.24, 2.45) is 5.92 Å². The summed E-state index contributed by atoms with van der Waals surface area (Å²) in [6.07, 6.45) is 3.59. The molecule has 130 valence electrons. The molecule has 24 heavy (non-hydrogen) atoms. The molecule has 3 rings (SSSR count). The van der Waals surface area contributed by atoms with E-state index in [1.165, 1.54) is 0 Å². The summed E-state index contributed by atoms with van der Waals surface area (Å²) in [5, 5.41) is 12.5. The van der Waals surface area contributed by atoms with E-state index in [1.807, 2.05) is 18.2 Å². The Labute approximate surface area is 142 Å². The molecule has 1 amide bonds. The highest BCUT2D eigenvalue weighted by Gasteiger charge is 2.42. The summed E-state index contributed by atoms with van der Waals surface area (Å²) in [6.45, 7) is 3.56. The largest absolute Gasteiger partial charge is 0.480 e. The second kappa shape index (κ2) is 6.93. The number of hydrogen-bond donors (Lipinski definition) is 2. The Bertz CT molecular complexity index is 614. The number of carbonyl (C=O) groups is 2. The molecule has 2 N–H and O–H groups in total. The van der Waals surface area contributed by atoms with Crippen LogP contribution in [0.1, 0.15) is 60.9 Å². The number of aliphatic carboxylic acids is 1. The SMILES string of the molecule is CC1CCC(NC(=O)c2cccc(C3CCOC3)c2)(C(=O)O)CC1. The number of carbonyl (C=O) groups excluding carboxylic acids is 1. The zero-order valence-electron chi connectivity index (χ0n) is 14.1. The molecule has 1 aliphatic carbocycles. The van der Waals surface area contributed by atoms with Gasteiger partial charge in [0.15, 0.2) is 0 Å².